The Morgan fingerprint density at radius 3 is 2.48 bits per heavy atom. The van der Waals surface area contributed by atoms with Crippen LogP contribution in [0.15, 0.2) is 0 Å². The number of amides is 1. The van der Waals surface area contributed by atoms with Crippen molar-refractivity contribution in [1.29, 1.82) is 0 Å². The van der Waals surface area contributed by atoms with E-state index >= 15 is 0 Å². The molecule has 0 radical (unpaired) electrons. The number of nitrogens with zero attached hydrogens (tertiary/aromatic N) is 1. The highest BCUT2D eigenvalue weighted by Gasteiger charge is 2.26. The molecule has 4 nitrogen and oxygen atoms in total. The smallest absolute Gasteiger partial charge is 0.410 e. The van der Waals surface area contributed by atoms with Gasteiger partial charge in [-0.3, -0.25) is 0 Å². The second-order valence-electron chi connectivity index (χ2n) is 8.37. The highest BCUT2D eigenvalue weighted by molar-refractivity contribution is 5.68. The van der Waals surface area contributed by atoms with E-state index in [0.29, 0.717) is 6.04 Å². The van der Waals surface area contributed by atoms with Crippen LogP contribution in [0.3, 0.4) is 0 Å². The van der Waals surface area contributed by atoms with E-state index in [1.807, 2.05) is 25.7 Å². The Kier molecular flexibility index (Phi) is 7.19. The number of likely N-dealkylation sites (tertiary alicyclic amines) is 1. The third-order valence-corrected chi connectivity index (χ3v) is 5.03. The van der Waals surface area contributed by atoms with Crippen molar-refractivity contribution in [3.05, 3.63) is 0 Å². The quantitative estimate of drug-likeness (QED) is 0.836. The van der Waals surface area contributed by atoms with E-state index in [-0.39, 0.29) is 6.09 Å². The van der Waals surface area contributed by atoms with E-state index in [1.165, 1.54) is 51.4 Å². The molecule has 2 fully saturated rings. The van der Waals surface area contributed by atoms with Crippen LogP contribution < -0.4 is 5.32 Å². The van der Waals surface area contributed by atoms with Crippen molar-refractivity contribution in [2.24, 2.45) is 5.92 Å². The molecular formula is C19H36N2O2. The molecule has 4 heteroatoms. The molecule has 0 aromatic carbocycles. The average Bonchev–Trinajstić information content (AvgIpc) is 2.72. The Hall–Kier alpha value is -0.770. The number of carbonyl (C=O) groups is 1. The van der Waals surface area contributed by atoms with Gasteiger partial charge in [-0.1, -0.05) is 38.5 Å². The minimum Gasteiger partial charge on any atom is -0.444 e. The lowest BCUT2D eigenvalue weighted by Crippen LogP contribution is -2.44. The van der Waals surface area contributed by atoms with Crippen LogP contribution >= 0.6 is 0 Å². The van der Waals surface area contributed by atoms with Crippen LogP contribution in [0, 0.1) is 5.92 Å². The van der Waals surface area contributed by atoms with Crippen LogP contribution in [0.2, 0.25) is 0 Å². The zero-order valence-electron chi connectivity index (χ0n) is 15.4. The number of carbonyl (C=O) groups excluding carboxylic acids is 1. The third kappa shape index (κ3) is 7.11. The second-order valence-corrected chi connectivity index (χ2v) is 8.37. The first-order valence-corrected chi connectivity index (χ1v) is 9.65. The van der Waals surface area contributed by atoms with Crippen LogP contribution in [0.4, 0.5) is 4.79 Å². The van der Waals surface area contributed by atoms with E-state index in [4.69, 9.17) is 4.74 Å². The lowest BCUT2D eigenvalue weighted by atomic mass is 9.87. The van der Waals surface area contributed by atoms with Crippen LogP contribution in [-0.2, 0) is 4.74 Å². The summed E-state index contributed by atoms with van der Waals surface area (Å²) in [5, 5.41) is 3.71. The molecule has 1 saturated carbocycles. The maximum Gasteiger partial charge on any atom is 0.410 e. The van der Waals surface area contributed by atoms with Crippen molar-refractivity contribution in [2.75, 3.05) is 19.6 Å². The van der Waals surface area contributed by atoms with Crippen LogP contribution in [0.25, 0.3) is 0 Å². The van der Waals surface area contributed by atoms with Crippen LogP contribution in [-0.4, -0.2) is 42.3 Å². The summed E-state index contributed by atoms with van der Waals surface area (Å²) in [6.45, 7) is 8.51. The predicted octanol–water partition coefficient (Wildman–Crippen LogP) is 4.34. The first kappa shape index (κ1) is 18.6. The Labute approximate surface area is 142 Å². The molecule has 1 atom stereocenters. The van der Waals surface area contributed by atoms with Crippen molar-refractivity contribution in [3.63, 3.8) is 0 Å². The largest absolute Gasteiger partial charge is 0.444 e. The molecule has 0 aromatic rings. The van der Waals surface area contributed by atoms with Gasteiger partial charge >= 0.3 is 6.09 Å². The highest BCUT2D eigenvalue weighted by atomic mass is 16.6. The van der Waals surface area contributed by atoms with Gasteiger partial charge in [0, 0.05) is 19.1 Å². The predicted molar refractivity (Wildman–Crippen MR) is 94.6 cm³/mol. The maximum absolute atomic E-state index is 12.3. The number of rotatable bonds is 4. The van der Waals surface area contributed by atoms with Gasteiger partial charge in [0.1, 0.15) is 5.60 Å². The lowest BCUT2D eigenvalue weighted by molar-refractivity contribution is 0.0243. The summed E-state index contributed by atoms with van der Waals surface area (Å²) >= 11 is 0. The molecule has 2 rings (SSSR count). The monoisotopic (exact) mass is 324 g/mol. The molecule has 1 saturated heterocycles. The molecule has 1 N–H and O–H groups in total. The molecular weight excluding hydrogens is 288 g/mol. The summed E-state index contributed by atoms with van der Waals surface area (Å²) in [7, 11) is 0. The molecule has 1 aliphatic heterocycles. The van der Waals surface area contributed by atoms with Crippen molar-refractivity contribution in [1.82, 2.24) is 10.2 Å². The molecule has 1 unspecified atom stereocenters. The van der Waals surface area contributed by atoms with Gasteiger partial charge in [0.05, 0.1) is 0 Å². The number of nitrogens with one attached hydrogen (secondary N) is 1. The van der Waals surface area contributed by atoms with Gasteiger partial charge in [-0.15, -0.1) is 0 Å². The highest BCUT2D eigenvalue weighted by Crippen LogP contribution is 2.26. The fourth-order valence-corrected chi connectivity index (χ4v) is 3.77. The first-order chi connectivity index (χ1) is 10.9. The van der Waals surface area contributed by atoms with Gasteiger partial charge in [-0.2, -0.15) is 0 Å². The zero-order valence-corrected chi connectivity index (χ0v) is 15.4. The normalized spacial score (nSPS) is 24.3. The van der Waals surface area contributed by atoms with Crippen LogP contribution in [0.5, 0.6) is 0 Å². The summed E-state index contributed by atoms with van der Waals surface area (Å²) < 4.78 is 5.54. The Morgan fingerprint density at radius 1 is 1.09 bits per heavy atom. The summed E-state index contributed by atoms with van der Waals surface area (Å²) in [5.41, 5.74) is -0.409. The number of ether oxygens (including phenoxy) is 1. The fraction of sp³-hybridized carbons (Fsp3) is 0.947. The molecule has 1 heterocycles. The molecule has 2 aliphatic rings. The Bertz CT molecular complexity index is 359. The molecule has 23 heavy (non-hydrogen) atoms. The lowest BCUT2D eigenvalue weighted by Gasteiger charge is -2.29. The molecule has 1 aliphatic carbocycles. The second kappa shape index (κ2) is 8.91. The third-order valence-electron chi connectivity index (χ3n) is 5.03. The van der Waals surface area contributed by atoms with Crippen molar-refractivity contribution in [2.45, 2.75) is 90.2 Å². The number of hydrogen-bond donors (Lipinski definition) is 1. The number of hydrogen-bond acceptors (Lipinski definition) is 3. The van der Waals surface area contributed by atoms with Gasteiger partial charge in [0.25, 0.3) is 0 Å². The van der Waals surface area contributed by atoms with Gasteiger partial charge in [-0.25, -0.2) is 4.79 Å². The summed E-state index contributed by atoms with van der Waals surface area (Å²) in [6, 6.07) is 0.425. The van der Waals surface area contributed by atoms with Crippen molar-refractivity contribution in [3.8, 4) is 0 Å². The van der Waals surface area contributed by atoms with Crippen LogP contribution in [0.1, 0.15) is 78.6 Å². The van der Waals surface area contributed by atoms with Gasteiger partial charge in [0.2, 0.25) is 0 Å². The average molecular weight is 325 g/mol. The van der Waals surface area contributed by atoms with E-state index < -0.39 is 5.60 Å². The summed E-state index contributed by atoms with van der Waals surface area (Å²) in [4.78, 5) is 14.2. The summed E-state index contributed by atoms with van der Waals surface area (Å²) in [6.07, 6.45) is 11.7. The van der Waals surface area contributed by atoms with Crippen molar-refractivity contribution < 1.29 is 9.53 Å². The minimum absolute atomic E-state index is 0.154. The molecule has 0 aromatic heterocycles. The minimum atomic E-state index is -0.409. The Morgan fingerprint density at radius 2 is 1.78 bits per heavy atom. The van der Waals surface area contributed by atoms with E-state index in [9.17, 15) is 4.79 Å². The topological polar surface area (TPSA) is 41.6 Å². The molecule has 134 valence electrons. The van der Waals surface area contributed by atoms with Gasteiger partial charge in [0.15, 0.2) is 0 Å². The van der Waals surface area contributed by atoms with Gasteiger partial charge in [-0.05, 0) is 52.5 Å². The summed E-state index contributed by atoms with van der Waals surface area (Å²) in [5.74, 6) is 0.920. The van der Waals surface area contributed by atoms with Crippen molar-refractivity contribution >= 4 is 6.09 Å². The van der Waals surface area contributed by atoms with E-state index in [1.54, 1.807) is 0 Å². The standard InChI is InChI=1S/C19H36N2O2/c1-19(2,3)23-18(22)21-14-8-7-11-17(15-21)20-13-12-16-9-5-4-6-10-16/h16-17,20H,4-15H2,1-3H3. The van der Waals surface area contributed by atoms with E-state index in [2.05, 4.69) is 5.32 Å². The zero-order chi connectivity index (χ0) is 16.7. The Balaban J connectivity index is 1.74. The maximum atomic E-state index is 12.3. The fourth-order valence-electron chi connectivity index (χ4n) is 3.77. The SMILES string of the molecule is CC(C)(C)OC(=O)N1CCCCC(NCCC2CCCCC2)C1. The van der Waals surface area contributed by atoms with E-state index in [0.717, 1.165) is 32.0 Å². The van der Waals surface area contributed by atoms with Gasteiger partial charge < -0.3 is 15.0 Å². The molecule has 1 amide bonds. The molecule has 0 spiro atoms. The molecule has 0 bridgehead atoms. The first-order valence-electron chi connectivity index (χ1n) is 9.65.